The van der Waals surface area contributed by atoms with Crippen LogP contribution in [0.2, 0.25) is 0 Å². The third kappa shape index (κ3) is 4.36. The smallest absolute Gasteiger partial charge is 0.338 e. The van der Waals surface area contributed by atoms with Gasteiger partial charge in [0.05, 0.1) is 18.0 Å². The number of aliphatic hydroxyl groups excluding tert-OH is 1. The monoisotopic (exact) mass is 459 g/mol. The van der Waals surface area contributed by atoms with Crippen LogP contribution in [-0.4, -0.2) is 55.3 Å². The van der Waals surface area contributed by atoms with E-state index in [2.05, 4.69) is 20.3 Å². The van der Waals surface area contributed by atoms with Crippen LogP contribution in [-0.2, 0) is 9.47 Å². The highest BCUT2D eigenvalue weighted by molar-refractivity contribution is 6.06. The number of ether oxygens (including phenoxy) is 2. The zero-order chi connectivity index (χ0) is 23.5. The molecule has 3 atom stereocenters. The predicted octanol–water partition coefficient (Wildman–Crippen LogP) is 2.58. The number of fused-ring (bicyclic) bond motifs is 1. The number of esters is 1. The summed E-state index contributed by atoms with van der Waals surface area (Å²) in [6.07, 6.45) is 0.987. The van der Waals surface area contributed by atoms with Crippen LogP contribution >= 0.6 is 0 Å². The number of anilines is 1. The molecule has 0 spiro atoms. The molecule has 34 heavy (non-hydrogen) atoms. The summed E-state index contributed by atoms with van der Waals surface area (Å²) in [6.45, 7) is -0.0919. The Kier molecular flexibility index (Phi) is 5.98. The van der Waals surface area contributed by atoms with E-state index >= 15 is 0 Å². The van der Waals surface area contributed by atoms with Crippen LogP contribution in [0, 0.1) is 0 Å². The van der Waals surface area contributed by atoms with E-state index in [9.17, 15) is 14.7 Å². The second-order valence-electron chi connectivity index (χ2n) is 7.76. The quantitative estimate of drug-likeness (QED) is 0.421. The highest BCUT2D eigenvalue weighted by Crippen LogP contribution is 2.32. The van der Waals surface area contributed by atoms with Crippen molar-refractivity contribution in [3.63, 3.8) is 0 Å². The molecule has 10 nitrogen and oxygen atoms in total. The summed E-state index contributed by atoms with van der Waals surface area (Å²) in [6, 6.07) is 17.4. The average molecular weight is 459 g/mol. The van der Waals surface area contributed by atoms with Crippen molar-refractivity contribution < 1.29 is 24.2 Å². The van der Waals surface area contributed by atoms with Crippen molar-refractivity contribution in [3.05, 3.63) is 84.4 Å². The maximum Gasteiger partial charge on any atom is 0.338 e. The molecule has 5 rings (SSSR count). The molecule has 3 heterocycles. The lowest BCUT2D eigenvalue weighted by Gasteiger charge is -2.16. The van der Waals surface area contributed by atoms with Crippen LogP contribution in [0.1, 0.15) is 33.4 Å². The topological polar surface area (TPSA) is 128 Å². The highest BCUT2D eigenvalue weighted by atomic mass is 16.6. The molecular formula is C24H21N5O5. The molecule has 1 aliphatic rings. The summed E-state index contributed by atoms with van der Waals surface area (Å²) in [5.74, 6) is -0.535. The molecule has 2 aromatic heterocycles. The van der Waals surface area contributed by atoms with Crippen LogP contribution in [0.25, 0.3) is 11.2 Å². The number of amides is 1. The number of nitrogens with zero attached hydrogens (tertiary/aromatic N) is 4. The van der Waals surface area contributed by atoms with Crippen LogP contribution in [0.3, 0.4) is 0 Å². The minimum atomic E-state index is -0.842. The highest BCUT2D eigenvalue weighted by Gasteiger charge is 2.37. The molecule has 4 aromatic rings. The SMILES string of the molecule is O=C(Nc1ncnc2c1ncn2C1CC(O)C(COC(=O)c2ccccc2)O1)c1ccccc1. The van der Waals surface area contributed by atoms with Crippen molar-refractivity contribution in [1.29, 1.82) is 0 Å². The van der Waals surface area contributed by atoms with Gasteiger partial charge in [-0.2, -0.15) is 0 Å². The van der Waals surface area contributed by atoms with Gasteiger partial charge in [-0.05, 0) is 24.3 Å². The van der Waals surface area contributed by atoms with Gasteiger partial charge in [-0.3, -0.25) is 9.36 Å². The molecule has 0 bridgehead atoms. The van der Waals surface area contributed by atoms with E-state index in [4.69, 9.17) is 9.47 Å². The fourth-order valence-corrected chi connectivity index (χ4v) is 3.77. The fourth-order valence-electron chi connectivity index (χ4n) is 3.77. The molecule has 10 heteroatoms. The number of aromatic nitrogens is 4. The van der Waals surface area contributed by atoms with Gasteiger partial charge in [0.25, 0.3) is 5.91 Å². The summed E-state index contributed by atoms with van der Waals surface area (Å²) >= 11 is 0. The van der Waals surface area contributed by atoms with Gasteiger partial charge in [0.2, 0.25) is 0 Å². The molecule has 1 saturated heterocycles. The molecule has 1 fully saturated rings. The first-order chi connectivity index (χ1) is 16.6. The Balaban J connectivity index is 1.29. The van der Waals surface area contributed by atoms with E-state index in [1.54, 1.807) is 53.1 Å². The molecule has 0 aliphatic carbocycles. The zero-order valence-corrected chi connectivity index (χ0v) is 17.9. The third-order valence-electron chi connectivity index (χ3n) is 5.53. The van der Waals surface area contributed by atoms with Gasteiger partial charge in [-0.25, -0.2) is 19.7 Å². The second-order valence-corrected chi connectivity index (χ2v) is 7.76. The van der Waals surface area contributed by atoms with Crippen molar-refractivity contribution in [2.24, 2.45) is 0 Å². The van der Waals surface area contributed by atoms with E-state index < -0.39 is 24.4 Å². The average Bonchev–Trinajstić information content (AvgIpc) is 3.47. The molecular weight excluding hydrogens is 438 g/mol. The number of imidazole rings is 1. The van der Waals surface area contributed by atoms with Crippen LogP contribution in [0.15, 0.2) is 73.3 Å². The maximum absolute atomic E-state index is 12.5. The Hall–Kier alpha value is -4.15. The van der Waals surface area contributed by atoms with E-state index in [0.717, 1.165) is 0 Å². The van der Waals surface area contributed by atoms with Crippen molar-refractivity contribution >= 4 is 28.9 Å². The maximum atomic E-state index is 12.5. The Labute approximate surface area is 194 Å². The van der Waals surface area contributed by atoms with Gasteiger partial charge in [-0.15, -0.1) is 0 Å². The van der Waals surface area contributed by atoms with E-state index in [1.165, 1.54) is 12.7 Å². The largest absolute Gasteiger partial charge is 0.459 e. The molecule has 0 saturated carbocycles. The molecule has 2 N–H and O–H groups in total. The lowest BCUT2D eigenvalue weighted by atomic mass is 10.2. The number of hydrogen-bond acceptors (Lipinski definition) is 8. The van der Waals surface area contributed by atoms with E-state index in [0.29, 0.717) is 22.3 Å². The van der Waals surface area contributed by atoms with Crippen molar-refractivity contribution in [2.75, 3.05) is 11.9 Å². The normalized spacial score (nSPS) is 19.7. The van der Waals surface area contributed by atoms with Crippen LogP contribution in [0.4, 0.5) is 5.82 Å². The third-order valence-corrected chi connectivity index (χ3v) is 5.53. The van der Waals surface area contributed by atoms with Gasteiger partial charge in [0.15, 0.2) is 17.0 Å². The standard InChI is InChI=1S/C24H21N5O5/c30-17-11-19(34-18(17)12-33-24(32)16-9-5-2-6-10-16)29-14-27-20-21(25-13-26-22(20)29)28-23(31)15-7-3-1-4-8-15/h1-10,13-14,17-19,30H,11-12H2,(H,25,26,28,31). The van der Waals surface area contributed by atoms with Crippen LogP contribution in [0.5, 0.6) is 0 Å². The Morgan fingerprint density at radius 2 is 1.74 bits per heavy atom. The molecule has 1 amide bonds. The van der Waals surface area contributed by atoms with Crippen molar-refractivity contribution in [2.45, 2.75) is 24.9 Å². The molecule has 1 aliphatic heterocycles. The lowest BCUT2D eigenvalue weighted by Crippen LogP contribution is -2.28. The molecule has 2 aromatic carbocycles. The van der Waals surface area contributed by atoms with Gasteiger partial charge < -0.3 is 19.9 Å². The second kappa shape index (κ2) is 9.38. The summed E-state index contributed by atoms with van der Waals surface area (Å²) < 4.78 is 12.9. The number of benzene rings is 2. The van der Waals surface area contributed by atoms with Gasteiger partial charge in [0, 0.05) is 12.0 Å². The summed E-state index contributed by atoms with van der Waals surface area (Å²) in [7, 11) is 0. The molecule has 172 valence electrons. The minimum absolute atomic E-state index is 0.0919. The first-order valence-corrected chi connectivity index (χ1v) is 10.7. The lowest BCUT2D eigenvalue weighted by molar-refractivity contribution is -0.0509. The summed E-state index contributed by atoms with van der Waals surface area (Å²) in [5, 5.41) is 13.2. The Morgan fingerprint density at radius 1 is 1.03 bits per heavy atom. The number of carbonyl (C=O) groups excluding carboxylic acids is 2. The number of aliphatic hydroxyl groups is 1. The number of nitrogens with one attached hydrogen (secondary N) is 1. The summed E-state index contributed by atoms with van der Waals surface area (Å²) in [5.41, 5.74) is 1.75. The van der Waals surface area contributed by atoms with Gasteiger partial charge >= 0.3 is 5.97 Å². The zero-order valence-electron chi connectivity index (χ0n) is 17.9. The predicted molar refractivity (Wildman–Crippen MR) is 121 cm³/mol. The van der Waals surface area contributed by atoms with Crippen molar-refractivity contribution in [3.8, 4) is 0 Å². The van der Waals surface area contributed by atoms with Crippen LogP contribution < -0.4 is 5.32 Å². The van der Waals surface area contributed by atoms with Gasteiger partial charge in [-0.1, -0.05) is 36.4 Å². The van der Waals surface area contributed by atoms with Crippen molar-refractivity contribution in [1.82, 2.24) is 19.5 Å². The van der Waals surface area contributed by atoms with E-state index in [1.807, 2.05) is 12.1 Å². The first kappa shape index (κ1) is 21.7. The fraction of sp³-hybridized carbons (Fsp3) is 0.208. The number of carbonyl (C=O) groups is 2. The Bertz CT molecular complexity index is 1310. The van der Waals surface area contributed by atoms with E-state index in [-0.39, 0.29) is 24.8 Å². The minimum Gasteiger partial charge on any atom is -0.459 e. The Morgan fingerprint density at radius 3 is 2.47 bits per heavy atom. The first-order valence-electron chi connectivity index (χ1n) is 10.7. The summed E-state index contributed by atoms with van der Waals surface area (Å²) in [4.78, 5) is 37.5. The number of hydrogen-bond donors (Lipinski definition) is 2. The molecule has 3 unspecified atom stereocenters. The number of rotatable bonds is 6. The van der Waals surface area contributed by atoms with Gasteiger partial charge in [0.1, 0.15) is 25.3 Å². The molecule has 0 radical (unpaired) electrons.